The van der Waals surface area contributed by atoms with Gasteiger partial charge in [0.1, 0.15) is 5.82 Å². The molecule has 2 aromatic rings. The number of nitrogens with zero attached hydrogens (tertiary/aromatic N) is 3. The van der Waals surface area contributed by atoms with Crippen LogP contribution < -0.4 is 0 Å². The van der Waals surface area contributed by atoms with Crippen LogP contribution in [0.4, 0.5) is 4.39 Å². The number of benzene rings is 1. The maximum Gasteiger partial charge on any atom is 0.303 e. The molecule has 7 nitrogen and oxygen atoms in total. The lowest BCUT2D eigenvalue weighted by atomic mass is 9.93. The van der Waals surface area contributed by atoms with Crippen molar-refractivity contribution in [2.75, 3.05) is 13.1 Å². The standard InChI is InChI=1S/C20H24FN3O4/c1-13(25)27-20(2,3)19(26)24-10-6-7-14(12-24)11-17-22-18(23-28-17)15-8-4-5-9-16(15)21/h4-5,8-9,14H,6-7,10-12H2,1-3H3/t14-/m1/s1. The van der Waals surface area contributed by atoms with Crippen molar-refractivity contribution >= 4 is 11.9 Å². The SMILES string of the molecule is CC(=O)OC(C)(C)C(=O)N1CCC[C@H](Cc2nc(-c3ccccc3F)no2)C1. The van der Waals surface area contributed by atoms with E-state index in [1.54, 1.807) is 36.9 Å². The first-order chi connectivity index (χ1) is 13.3. The largest absolute Gasteiger partial charge is 0.450 e. The van der Waals surface area contributed by atoms with Crippen molar-refractivity contribution in [3.05, 3.63) is 36.0 Å². The lowest BCUT2D eigenvalue weighted by Crippen LogP contribution is -2.51. The quantitative estimate of drug-likeness (QED) is 0.731. The van der Waals surface area contributed by atoms with Crippen LogP contribution in [0.1, 0.15) is 39.5 Å². The number of carbonyl (C=O) groups is 2. The van der Waals surface area contributed by atoms with Crippen LogP contribution in [-0.4, -0.2) is 45.6 Å². The molecule has 3 rings (SSSR count). The summed E-state index contributed by atoms with van der Waals surface area (Å²) in [4.78, 5) is 30.0. The Morgan fingerprint density at radius 1 is 1.36 bits per heavy atom. The number of likely N-dealkylation sites (tertiary alicyclic amines) is 1. The molecule has 0 radical (unpaired) electrons. The van der Waals surface area contributed by atoms with Gasteiger partial charge in [0.15, 0.2) is 5.60 Å². The third-order valence-electron chi connectivity index (χ3n) is 4.77. The molecule has 0 bridgehead atoms. The molecule has 8 heteroatoms. The molecule has 0 saturated carbocycles. The van der Waals surface area contributed by atoms with Crippen LogP contribution in [0, 0.1) is 11.7 Å². The normalized spacial score (nSPS) is 17.4. The smallest absolute Gasteiger partial charge is 0.303 e. The second-order valence-corrected chi connectivity index (χ2v) is 7.56. The molecule has 150 valence electrons. The van der Waals surface area contributed by atoms with Gasteiger partial charge in [0, 0.05) is 26.4 Å². The Morgan fingerprint density at radius 2 is 2.11 bits per heavy atom. The van der Waals surface area contributed by atoms with Crippen LogP contribution in [0.2, 0.25) is 0 Å². The van der Waals surface area contributed by atoms with Gasteiger partial charge < -0.3 is 14.2 Å². The van der Waals surface area contributed by atoms with Gasteiger partial charge in [-0.2, -0.15) is 4.98 Å². The molecule has 1 amide bonds. The third-order valence-corrected chi connectivity index (χ3v) is 4.77. The Bertz CT molecular complexity index is 865. The van der Waals surface area contributed by atoms with Gasteiger partial charge >= 0.3 is 5.97 Å². The Kier molecular flexibility index (Phi) is 5.76. The van der Waals surface area contributed by atoms with Crippen molar-refractivity contribution in [3.8, 4) is 11.4 Å². The molecular formula is C20H24FN3O4. The van der Waals surface area contributed by atoms with Gasteiger partial charge in [-0.3, -0.25) is 9.59 Å². The minimum Gasteiger partial charge on any atom is -0.450 e. The maximum absolute atomic E-state index is 13.9. The van der Waals surface area contributed by atoms with E-state index in [1.807, 2.05) is 0 Å². The van der Waals surface area contributed by atoms with E-state index in [1.165, 1.54) is 13.0 Å². The number of hydrogen-bond acceptors (Lipinski definition) is 6. The van der Waals surface area contributed by atoms with E-state index in [4.69, 9.17) is 9.26 Å². The zero-order valence-corrected chi connectivity index (χ0v) is 16.3. The Labute approximate surface area is 162 Å². The first-order valence-electron chi connectivity index (χ1n) is 9.32. The first kappa shape index (κ1) is 20.0. The summed E-state index contributed by atoms with van der Waals surface area (Å²) in [5, 5.41) is 3.87. The zero-order valence-electron chi connectivity index (χ0n) is 16.3. The first-order valence-corrected chi connectivity index (χ1v) is 9.32. The van der Waals surface area contributed by atoms with Crippen molar-refractivity contribution in [3.63, 3.8) is 0 Å². The second-order valence-electron chi connectivity index (χ2n) is 7.56. The highest BCUT2D eigenvalue weighted by molar-refractivity contribution is 5.86. The topological polar surface area (TPSA) is 85.5 Å². The lowest BCUT2D eigenvalue weighted by Gasteiger charge is -2.36. The van der Waals surface area contributed by atoms with Gasteiger partial charge in [-0.25, -0.2) is 4.39 Å². The Balaban J connectivity index is 1.65. The molecule has 1 aliphatic heterocycles. The molecule has 0 aliphatic carbocycles. The molecule has 2 heterocycles. The molecule has 1 atom stereocenters. The van der Waals surface area contributed by atoms with E-state index >= 15 is 0 Å². The van der Waals surface area contributed by atoms with Crippen molar-refractivity contribution in [1.29, 1.82) is 0 Å². The predicted molar refractivity (Wildman–Crippen MR) is 98.5 cm³/mol. The average Bonchev–Trinajstić information content (AvgIpc) is 3.09. The van der Waals surface area contributed by atoms with Gasteiger partial charge in [-0.15, -0.1) is 0 Å². The Morgan fingerprint density at radius 3 is 2.82 bits per heavy atom. The van der Waals surface area contributed by atoms with Crippen LogP contribution in [-0.2, 0) is 20.7 Å². The zero-order chi connectivity index (χ0) is 20.3. The lowest BCUT2D eigenvalue weighted by molar-refractivity contribution is -0.169. The monoisotopic (exact) mass is 389 g/mol. The van der Waals surface area contributed by atoms with Crippen LogP contribution in [0.5, 0.6) is 0 Å². The highest BCUT2D eigenvalue weighted by Crippen LogP contribution is 2.25. The molecule has 28 heavy (non-hydrogen) atoms. The number of rotatable bonds is 5. The molecule has 0 unspecified atom stereocenters. The van der Waals surface area contributed by atoms with Crippen molar-refractivity contribution in [2.45, 2.75) is 45.6 Å². The number of esters is 1. The summed E-state index contributed by atoms with van der Waals surface area (Å²) in [6.45, 7) is 5.61. The molecule has 1 aliphatic rings. The molecule has 0 N–H and O–H groups in total. The fourth-order valence-electron chi connectivity index (χ4n) is 3.54. The number of halogens is 1. The highest BCUT2D eigenvalue weighted by atomic mass is 19.1. The fraction of sp³-hybridized carbons (Fsp3) is 0.500. The number of aromatic nitrogens is 2. The van der Waals surface area contributed by atoms with E-state index < -0.39 is 17.4 Å². The average molecular weight is 389 g/mol. The van der Waals surface area contributed by atoms with Gasteiger partial charge in [0.25, 0.3) is 5.91 Å². The summed E-state index contributed by atoms with van der Waals surface area (Å²) in [5.41, 5.74) is -0.906. The summed E-state index contributed by atoms with van der Waals surface area (Å²) in [6, 6.07) is 6.26. The highest BCUT2D eigenvalue weighted by Gasteiger charge is 2.37. The minimum absolute atomic E-state index is 0.139. The molecule has 1 saturated heterocycles. The molecule has 1 fully saturated rings. The second kappa shape index (κ2) is 8.08. The maximum atomic E-state index is 13.9. The number of amides is 1. The van der Waals surface area contributed by atoms with E-state index in [9.17, 15) is 14.0 Å². The van der Waals surface area contributed by atoms with Crippen molar-refractivity contribution in [2.24, 2.45) is 5.92 Å². The number of carbonyl (C=O) groups excluding carboxylic acids is 2. The summed E-state index contributed by atoms with van der Waals surface area (Å²) >= 11 is 0. The minimum atomic E-state index is -1.20. The van der Waals surface area contributed by atoms with E-state index in [0.29, 0.717) is 31.0 Å². The van der Waals surface area contributed by atoms with Crippen molar-refractivity contribution in [1.82, 2.24) is 15.0 Å². The molecule has 1 aromatic heterocycles. The van der Waals surface area contributed by atoms with Gasteiger partial charge in [-0.1, -0.05) is 17.3 Å². The summed E-state index contributed by atoms with van der Waals surface area (Å²) in [5.74, 6) is -0.343. The third kappa shape index (κ3) is 4.55. The fourth-order valence-corrected chi connectivity index (χ4v) is 3.54. The van der Waals surface area contributed by atoms with Gasteiger partial charge in [0.05, 0.1) is 5.56 Å². The number of piperidine rings is 1. The van der Waals surface area contributed by atoms with E-state index in [2.05, 4.69) is 10.1 Å². The molecule has 1 aromatic carbocycles. The van der Waals surface area contributed by atoms with Crippen molar-refractivity contribution < 1.29 is 23.2 Å². The van der Waals surface area contributed by atoms with Gasteiger partial charge in [0.2, 0.25) is 11.7 Å². The van der Waals surface area contributed by atoms with Crippen LogP contribution in [0.15, 0.2) is 28.8 Å². The molecule has 0 spiro atoms. The number of hydrogen-bond donors (Lipinski definition) is 0. The van der Waals surface area contributed by atoms with E-state index in [-0.39, 0.29) is 17.6 Å². The Hall–Kier alpha value is -2.77. The van der Waals surface area contributed by atoms with Gasteiger partial charge in [-0.05, 0) is 44.7 Å². The number of ether oxygens (including phenoxy) is 1. The molecular weight excluding hydrogens is 365 g/mol. The van der Waals surface area contributed by atoms with E-state index in [0.717, 1.165) is 12.8 Å². The summed E-state index contributed by atoms with van der Waals surface area (Å²) < 4.78 is 24.3. The van der Waals surface area contributed by atoms with Crippen LogP contribution in [0.3, 0.4) is 0 Å². The van der Waals surface area contributed by atoms with Crippen LogP contribution >= 0.6 is 0 Å². The predicted octanol–water partition coefficient (Wildman–Crippen LogP) is 3.00. The summed E-state index contributed by atoms with van der Waals surface area (Å²) in [7, 11) is 0. The summed E-state index contributed by atoms with van der Waals surface area (Å²) in [6.07, 6.45) is 2.25. The van der Waals surface area contributed by atoms with Crippen LogP contribution in [0.25, 0.3) is 11.4 Å².